The third-order valence-corrected chi connectivity index (χ3v) is 4.61. The lowest BCUT2D eigenvalue weighted by Gasteiger charge is -2.30. The van der Waals surface area contributed by atoms with Crippen molar-refractivity contribution in [2.45, 2.75) is 44.9 Å². The van der Waals surface area contributed by atoms with Crippen LogP contribution in [0.15, 0.2) is 12.2 Å². The van der Waals surface area contributed by atoms with Crippen LogP contribution in [-0.4, -0.2) is 34.8 Å². The fourth-order valence-corrected chi connectivity index (χ4v) is 3.52. The smallest absolute Gasteiger partial charge is 0.354 e. The Morgan fingerprint density at radius 1 is 1.35 bits per heavy atom. The normalized spacial score (nSPS) is 18.6. The maximum atomic E-state index is 11.6. The van der Waals surface area contributed by atoms with Gasteiger partial charge in [-0.15, -0.1) is 0 Å². The summed E-state index contributed by atoms with van der Waals surface area (Å²) in [6, 6.07) is 0. The van der Waals surface area contributed by atoms with Gasteiger partial charge in [-0.25, -0.2) is 4.79 Å². The standard InChI is InChI=1S/C13H23O6P/c1-3-18-12(14)10(2)9-19-13(20(15,16)17)11-7-5-4-6-8-11/h11,13H,2-9H2,1H3,(H2,15,16,17). The Balaban J connectivity index is 2.59. The van der Waals surface area contributed by atoms with Gasteiger partial charge in [0.05, 0.1) is 18.8 Å². The van der Waals surface area contributed by atoms with Crippen LogP contribution in [0.2, 0.25) is 0 Å². The summed E-state index contributed by atoms with van der Waals surface area (Å²) in [5, 5.41) is 0. The highest BCUT2D eigenvalue weighted by molar-refractivity contribution is 7.52. The summed E-state index contributed by atoms with van der Waals surface area (Å²) in [7, 11) is -4.36. The highest BCUT2D eigenvalue weighted by Gasteiger charge is 2.38. The van der Waals surface area contributed by atoms with Gasteiger partial charge >= 0.3 is 13.6 Å². The van der Waals surface area contributed by atoms with E-state index < -0.39 is 19.4 Å². The molecular formula is C13H23O6P. The van der Waals surface area contributed by atoms with Crippen LogP contribution in [0.4, 0.5) is 0 Å². The van der Waals surface area contributed by atoms with E-state index in [0.717, 1.165) is 32.1 Å². The quantitative estimate of drug-likeness (QED) is 0.425. The lowest BCUT2D eigenvalue weighted by Crippen LogP contribution is -2.28. The highest BCUT2D eigenvalue weighted by Crippen LogP contribution is 2.49. The zero-order valence-corrected chi connectivity index (χ0v) is 12.7. The molecular weight excluding hydrogens is 283 g/mol. The third-order valence-electron chi connectivity index (χ3n) is 3.38. The average Bonchev–Trinajstić information content (AvgIpc) is 2.38. The molecule has 0 radical (unpaired) electrons. The molecule has 0 bridgehead atoms. The number of hydrogen-bond acceptors (Lipinski definition) is 4. The molecule has 1 aliphatic rings. The summed E-state index contributed by atoms with van der Waals surface area (Å²) in [5.41, 5.74) is 0.0705. The molecule has 2 N–H and O–H groups in total. The van der Waals surface area contributed by atoms with E-state index in [1.165, 1.54) is 0 Å². The Bertz CT molecular complexity index is 382. The van der Waals surface area contributed by atoms with Crippen LogP contribution in [0.25, 0.3) is 0 Å². The van der Waals surface area contributed by atoms with Crippen molar-refractivity contribution in [2.24, 2.45) is 5.92 Å². The van der Waals surface area contributed by atoms with Gasteiger partial charge in [-0.1, -0.05) is 25.8 Å². The molecule has 0 aromatic rings. The lowest BCUT2D eigenvalue weighted by atomic mass is 9.90. The molecule has 0 aromatic heterocycles. The summed E-state index contributed by atoms with van der Waals surface area (Å²) in [6.07, 6.45) is 4.45. The predicted octanol–water partition coefficient (Wildman–Crippen LogP) is 2.21. The number of hydrogen-bond donors (Lipinski definition) is 2. The van der Waals surface area contributed by atoms with E-state index >= 15 is 0 Å². The van der Waals surface area contributed by atoms with Gasteiger partial charge in [0.15, 0.2) is 5.85 Å². The van der Waals surface area contributed by atoms with Crippen LogP contribution in [-0.2, 0) is 18.8 Å². The first kappa shape index (κ1) is 17.4. The minimum Gasteiger partial charge on any atom is -0.463 e. The van der Waals surface area contributed by atoms with Crippen LogP contribution in [0, 0.1) is 5.92 Å². The van der Waals surface area contributed by atoms with Gasteiger partial charge in [-0.3, -0.25) is 4.57 Å². The van der Waals surface area contributed by atoms with E-state index in [4.69, 9.17) is 9.47 Å². The van der Waals surface area contributed by atoms with Crippen molar-refractivity contribution in [2.75, 3.05) is 13.2 Å². The van der Waals surface area contributed by atoms with E-state index in [1.807, 2.05) is 0 Å². The summed E-state index contributed by atoms with van der Waals surface area (Å²) >= 11 is 0. The van der Waals surface area contributed by atoms with Gasteiger partial charge in [0.1, 0.15) is 0 Å². The van der Waals surface area contributed by atoms with Gasteiger partial charge in [0.25, 0.3) is 0 Å². The molecule has 0 aliphatic heterocycles. The van der Waals surface area contributed by atoms with Crippen molar-refractivity contribution in [3.63, 3.8) is 0 Å². The maximum Gasteiger partial charge on any atom is 0.354 e. The molecule has 0 heterocycles. The zero-order valence-electron chi connectivity index (χ0n) is 11.8. The second-order valence-corrected chi connectivity index (χ2v) is 6.70. The molecule has 0 spiro atoms. The summed E-state index contributed by atoms with van der Waals surface area (Å²) in [6.45, 7) is 5.20. The van der Waals surface area contributed by atoms with Crippen LogP contribution < -0.4 is 0 Å². The van der Waals surface area contributed by atoms with Crippen molar-refractivity contribution in [1.29, 1.82) is 0 Å². The van der Waals surface area contributed by atoms with Crippen LogP contribution in [0.1, 0.15) is 39.0 Å². The lowest BCUT2D eigenvalue weighted by molar-refractivity contribution is -0.139. The van der Waals surface area contributed by atoms with Gasteiger partial charge in [0.2, 0.25) is 0 Å². The van der Waals surface area contributed by atoms with E-state index in [9.17, 15) is 19.1 Å². The number of carbonyl (C=O) groups is 1. The zero-order chi connectivity index (χ0) is 15.2. The van der Waals surface area contributed by atoms with E-state index in [-0.39, 0.29) is 24.7 Å². The summed E-state index contributed by atoms with van der Waals surface area (Å²) in [5.74, 6) is -1.92. The molecule has 0 amide bonds. The summed E-state index contributed by atoms with van der Waals surface area (Å²) < 4.78 is 21.6. The Labute approximate surface area is 119 Å². The predicted molar refractivity (Wildman–Crippen MR) is 74.1 cm³/mol. The first-order valence-corrected chi connectivity index (χ1v) is 8.56. The van der Waals surface area contributed by atoms with Gasteiger partial charge < -0.3 is 19.3 Å². The molecule has 1 atom stereocenters. The number of ether oxygens (including phenoxy) is 2. The number of rotatable bonds is 7. The highest BCUT2D eigenvalue weighted by atomic mass is 31.2. The number of carbonyl (C=O) groups excluding carboxylic acids is 1. The van der Waals surface area contributed by atoms with Crippen LogP contribution in [0.3, 0.4) is 0 Å². The van der Waals surface area contributed by atoms with Crippen LogP contribution in [0.5, 0.6) is 0 Å². The van der Waals surface area contributed by atoms with Crippen molar-refractivity contribution >= 4 is 13.6 Å². The topological polar surface area (TPSA) is 93.1 Å². The van der Waals surface area contributed by atoms with E-state index in [2.05, 4.69) is 6.58 Å². The first-order chi connectivity index (χ1) is 9.36. The van der Waals surface area contributed by atoms with Gasteiger partial charge in [0, 0.05) is 0 Å². The fourth-order valence-electron chi connectivity index (χ4n) is 2.41. The minimum atomic E-state index is -4.36. The molecule has 1 fully saturated rings. The van der Waals surface area contributed by atoms with E-state index in [1.54, 1.807) is 6.92 Å². The molecule has 116 valence electrons. The Morgan fingerprint density at radius 3 is 2.45 bits per heavy atom. The van der Waals surface area contributed by atoms with Gasteiger partial charge in [-0.2, -0.15) is 0 Å². The number of esters is 1. The summed E-state index contributed by atoms with van der Waals surface area (Å²) in [4.78, 5) is 30.2. The monoisotopic (exact) mass is 306 g/mol. The van der Waals surface area contributed by atoms with Gasteiger partial charge in [-0.05, 0) is 25.7 Å². The molecule has 7 heteroatoms. The van der Waals surface area contributed by atoms with Crippen molar-refractivity contribution in [3.05, 3.63) is 12.2 Å². The maximum absolute atomic E-state index is 11.6. The Kier molecular flexibility index (Phi) is 6.89. The Hall–Kier alpha value is -0.680. The molecule has 20 heavy (non-hydrogen) atoms. The second kappa shape index (κ2) is 7.93. The fraction of sp³-hybridized carbons (Fsp3) is 0.769. The Morgan fingerprint density at radius 2 is 1.95 bits per heavy atom. The van der Waals surface area contributed by atoms with Crippen LogP contribution >= 0.6 is 7.60 Å². The molecule has 6 nitrogen and oxygen atoms in total. The SMILES string of the molecule is C=C(COC(C1CCCCC1)P(=O)(O)O)C(=O)OCC. The van der Waals surface area contributed by atoms with Crippen molar-refractivity contribution in [3.8, 4) is 0 Å². The minimum absolute atomic E-state index is 0.0705. The molecule has 0 saturated heterocycles. The molecule has 1 unspecified atom stereocenters. The largest absolute Gasteiger partial charge is 0.463 e. The first-order valence-electron chi connectivity index (χ1n) is 6.88. The molecule has 1 aliphatic carbocycles. The molecule has 1 rings (SSSR count). The average molecular weight is 306 g/mol. The van der Waals surface area contributed by atoms with Crippen molar-refractivity contribution in [1.82, 2.24) is 0 Å². The van der Waals surface area contributed by atoms with E-state index in [0.29, 0.717) is 0 Å². The molecule has 0 aromatic carbocycles. The third kappa shape index (κ3) is 5.37. The molecule has 1 saturated carbocycles. The second-order valence-electron chi connectivity index (χ2n) is 5.01. The van der Waals surface area contributed by atoms with Crippen molar-refractivity contribution < 1.29 is 28.6 Å².